The zero-order valence-electron chi connectivity index (χ0n) is 15.9. The second-order valence-electron chi connectivity index (χ2n) is 8.11. The van der Waals surface area contributed by atoms with Gasteiger partial charge in [-0.1, -0.05) is 48.9 Å². The van der Waals surface area contributed by atoms with E-state index in [9.17, 15) is 0 Å². The molecule has 4 nitrogen and oxygen atoms in total. The summed E-state index contributed by atoms with van der Waals surface area (Å²) in [4.78, 5) is 10.6. The van der Waals surface area contributed by atoms with Crippen molar-refractivity contribution in [2.75, 3.05) is 20.2 Å². The molecule has 2 fully saturated rings. The Morgan fingerprint density at radius 2 is 1.85 bits per heavy atom. The van der Waals surface area contributed by atoms with Gasteiger partial charge in [0.15, 0.2) is 0 Å². The predicted octanol–water partition coefficient (Wildman–Crippen LogP) is 4.34. The van der Waals surface area contributed by atoms with E-state index in [4.69, 9.17) is 4.74 Å². The maximum absolute atomic E-state index is 6.43. The smallest absolute Gasteiger partial charge is 0.103 e. The predicted molar refractivity (Wildman–Crippen MR) is 107 cm³/mol. The third-order valence-corrected chi connectivity index (χ3v) is 6.73. The van der Waals surface area contributed by atoms with Crippen LogP contribution in [0.2, 0.25) is 0 Å². The van der Waals surface area contributed by atoms with Gasteiger partial charge in [-0.05, 0) is 24.5 Å². The number of fused-ring (bicyclic) bond motifs is 3. The summed E-state index contributed by atoms with van der Waals surface area (Å²) in [5, 5.41) is 0. The van der Waals surface area contributed by atoms with Crippen LogP contribution in [0.15, 0.2) is 54.9 Å². The Morgan fingerprint density at radius 1 is 1.07 bits per heavy atom. The third kappa shape index (κ3) is 2.70. The second kappa shape index (κ2) is 6.77. The largest absolute Gasteiger partial charge is 0.373 e. The number of ether oxygens (including phenoxy) is 1. The van der Waals surface area contributed by atoms with Gasteiger partial charge in [-0.2, -0.15) is 0 Å². The van der Waals surface area contributed by atoms with Gasteiger partial charge in [-0.25, -0.2) is 4.98 Å². The fourth-order valence-corrected chi connectivity index (χ4v) is 5.66. The van der Waals surface area contributed by atoms with Gasteiger partial charge in [0.05, 0.1) is 17.4 Å². The van der Waals surface area contributed by atoms with Gasteiger partial charge in [-0.3, -0.25) is 4.90 Å². The van der Waals surface area contributed by atoms with E-state index in [1.165, 1.54) is 30.4 Å². The summed E-state index contributed by atoms with van der Waals surface area (Å²) in [5.74, 6) is 1.00. The van der Waals surface area contributed by atoms with Crippen molar-refractivity contribution < 1.29 is 4.74 Å². The first kappa shape index (κ1) is 17.0. The highest BCUT2D eigenvalue weighted by Gasteiger charge is 2.53. The van der Waals surface area contributed by atoms with E-state index in [0.717, 1.165) is 30.7 Å². The average molecular weight is 361 g/mol. The van der Waals surface area contributed by atoms with Crippen LogP contribution in [-0.2, 0) is 16.9 Å². The van der Waals surface area contributed by atoms with Crippen LogP contribution in [0.1, 0.15) is 30.4 Å². The molecular weight excluding hydrogens is 334 g/mol. The molecule has 2 unspecified atom stereocenters. The number of likely N-dealkylation sites (tertiary alicyclic amines) is 1. The number of hydrogen-bond acceptors (Lipinski definition) is 3. The number of piperidine rings is 1. The number of benzene rings is 2. The van der Waals surface area contributed by atoms with E-state index >= 15 is 0 Å². The lowest BCUT2D eigenvalue weighted by molar-refractivity contribution is -0.169. The Balaban J connectivity index is 1.52. The van der Waals surface area contributed by atoms with E-state index in [1.54, 1.807) is 6.33 Å². The van der Waals surface area contributed by atoms with E-state index in [-0.39, 0.29) is 5.60 Å². The molecule has 140 valence electrons. The van der Waals surface area contributed by atoms with Crippen molar-refractivity contribution in [3.05, 3.63) is 66.0 Å². The molecule has 1 saturated heterocycles. The Hall–Kier alpha value is -2.17. The number of aromatic nitrogens is 2. The number of imidazole rings is 1. The van der Waals surface area contributed by atoms with Crippen LogP contribution >= 0.6 is 0 Å². The van der Waals surface area contributed by atoms with Gasteiger partial charge >= 0.3 is 0 Å². The SMILES string of the molecule is COC1(c2cccc3[nH]cnc23)C2CCCC1CN(Cc1ccccc1)C2. The van der Waals surface area contributed by atoms with Gasteiger partial charge in [0, 0.05) is 44.1 Å². The molecular formula is C23H27N3O. The molecule has 2 atom stereocenters. The Bertz CT molecular complexity index is 906. The molecule has 1 aromatic heterocycles. The van der Waals surface area contributed by atoms with E-state index < -0.39 is 0 Å². The first-order chi connectivity index (χ1) is 13.3. The highest BCUT2D eigenvalue weighted by molar-refractivity contribution is 5.79. The quantitative estimate of drug-likeness (QED) is 0.752. The van der Waals surface area contributed by atoms with E-state index in [2.05, 4.69) is 63.4 Å². The van der Waals surface area contributed by atoms with Crippen LogP contribution in [-0.4, -0.2) is 35.1 Å². The van der Waals surface area contributed by atoms with E-state index in [0.29, 0.717) is 11.8 Å². The minimum Gasteiger partial charge on any atom is -0.373 e. The summed E-state index contributed by atoms with van der Waals surface area (Å²) in [6.45, 7) is 3.19. The minimum atomic E-state index is -0.222. The molecule has 27 heavy (non-hydrogen) atoms. The fraction of sp³-hybridized carbons (Fsp3) is 0.435. The Kier molecular flexibility index (Phi) is 4.25. The molecule has 2 aliphatic rings. The van der Waals surface area contributed by atoms with Crippen LogP contribution in [0, 0.1) is 11.8 Å². The highest BCUT2D eigenvalue weighted by Crippen LogP contribution is 2.52. The molecule has 0 amide bonds. The van der Waals surface area contributed by atoms with E-state index in [1.807, 2.05) is 7.11 Å². The van der Waals surface area contributed by atoms with Gasteiger partial charge in [-0.15, -0.1) is 0 Å². The Morgan fingerprint density at radius 3 is 2.59 bits per heavy atom. The van der Waals surface area contributed by atoms with Gasteiger partial charge < -0.3 is 9.72 Å². The molecule has 1 aliphatic carbocycles. The second-order valence-corrected chi connectivity index (χ2v) is 8.11. The maximum Gasteiger partial charge on any atom is 0.103 e. The monoisotopic (exact) mass is 361 g/mol. The number of hydrogen-bond donors (Lipinski definition) is 1. The van der Waals surface area contributed by atoms with Crippen molar-refractivity contribution in [2.45, 2.75) is 31.4 Å². The fourth-order valence-electron chi connectivity index (χ4n) is 5.66. The van der Waals surface area contributed by atoms with Crippen molar-refractivity contribution >= 4 is 11.0 Å². The van der Waals surface area contributed by atoms with Crippen LogP contribution in [0.5, 0.6) is 0 Å². The van der Waals surface area contributed by atoms with Gasteiger partial charge in [0.25, 0.3) is 0 Å². The lowest BCUT2D eigenvalue weighted by Crippen LogP contribution is -2.58. The number of nitrogens with zero attached hydrogens (tertiary/aromatic N) is 2. The summed E-state index contributed by atoms with van der Waals surface area (Å²) in [5.41, 5.74) is 4.63. The van der Waals surface area contributed by atoms with Gasteiger partial charge in [0.1, 0.15) is 5.60 Å². The first-order valence-corrected chi connectivity index (χ1v) is 10.1. The van der Waals surface area contributed by atoms with Crippen molar-refractivity contribution in [3.63, 3.8) is 0 Å². The zero-order chi connectivity index (χ0) is 18.3. The van der Waals surface area contributed by atoms with Crippen molar-refractivity contribution in [2.24, 2.45) is 11.8 Å². The molecule has 2 heterocycles. The first-order valence-electron chi connectivity index (χ1n) is 10.1. The summed E-state index contributed by atoms with van der Waals surface area (Å²) in [6, 6.07) is 17.3. The van der Waals surface area contributed by atoms with Crippen LogP contribution < -0.4 is 0 Å². The number of para-hydroxylation sites is 1. The van der Waals surface area contributed by atoms with Crippen molar-refractivity contribution in [1.82, 2.24) is 14.9 Å². The summed E-state index contributed by atoms with van der Waals surface area (Å²) < 4.78 is 6.43. The molecule has 2 bridgehead atoms. The highest BCUT2D eigenvalue weighted by atomic mass is 16.5. The molecule has 5 rings (SSSR count). The van der Waals surface area contributed by atoms with Crippen molar-refractivity contribution in [1.29, 1.82) is 0 Å². The molecule has 2 aromatic carbocycles. The van der Waals surface area contributed by atoms with Crippen LogP contribution in [0.25, 0.3) is 11.0 Å². The number of aromatic amines is 1. The van der Waals surface area contributed by atoms with Crippen LogP contribution in [0.4, 0.5) is 0 Å². The molecule has 0 radical (unpaired) electrons. The van der Waals surface area contributed by atoms with Crippen molar-refractivity contribution in [3.8, 4) is 0 Å². The number of H-pyrrole nitrogens is 1. The summed E-state index contributed by atoms with van der Waals surface area (Å²) >= 11 is 0. The normalized spacial score (nSPS) is 28.5. The molecule has 1 saturated carbocycles. The number of rotatable bonds is 4. The zero-order valence-corrected chi connectivity index (χ0v) is 15.9. The van der Waals surface area contributed by atoms with Crippen LogP contribution in [0.3, 0.4) is 0 Å². The average Bonchev–Trinajstić information content (AvgIpc) is 3.17. The molecule has 1 aliphatic heterocycles. The number of nitrogens with one attached hydrogen (secondary N) is 1. The van der Waals surface area contributed by atoms with Gasteiger partial charge in [0.2, 0.25) is 0 Å². The standard InChI is InChI=1S/C23H27N3O/c1-27-23(20-11-6-12-21-22(20)25-16-24-21)18-9-5-10-19(23)15-26(14-18)13-17-7-3-2-4-8-17/h2-4,6-8,11-12,16,18-19H,5,9-10,13-15H2,1H3,(H,24,25). The molecule has 0 spiro atoms. The topological polar surface area (TPSA) is 41.1 Å². The third-order valence-electron chi connectivity index (χ3n) is 6.73. The molecule has 1 N–H and O–H groups in total. The maximum atomic E-state index is 6.43. The molecule has 4 heteroatoms. The summed E-state index contributed by atoms with van der Waals surface area (Å²) in [6.07, 6.45) is 5.54. The lowest BCUT2D eigenvalue weighted by Gasteiger charge is -2.55. The minimum absolute atomic E-state index is 0.222. The molecule has 3 aromatic rings. The lowest BCUT2D eigenvalue weighted by atomic mass is 9.62. The number of methoxy groups -OCH3 is 1. The summed E-state index contributed by atoms with van der Waals surface area (Å²) in [7, 11) is 1.91. The Labute approximate surface area is 160 Å².